The van der Waals surface area contributed by atoms with Crippen molar-refractivity contribution < 1.29 is 0 Å². The second-order valence-electron chi connectivity index (χ2n) is 4.55. The van der Waals surface area contributed by atoms with Crippen LogP contribution < -0.4 is 11.1 Å². The number of nitrogen functional groups attached to an aromatic ring is 1. The summed E-state index contributed by atoms with van der Waals surface area (Å²) in [5.41, 5.74) is 10.8. The van der Waals surface area contributed by atoms with E-state index in [1.165, 1.54) is 36.0 Å². The van der Waals surface area contributed by atoms with Crippen LogP contribution >= 0.6 is 0 Å². The molecule has 3 N–H and O–H groups in total. The third-order valence-corrected chi connectivity index (χ3v) is 3.44. The molecule has 0 amide bonds. The third-order valence-electron chi connectivity index (χ3n) is 3.44. The Morgan fingerprint density at radius 1 is 1.27 bits per heavy atom. The van der Waals surface area contributed by atoms with Crippen LogP contribution in [0.2, 0.25) is 0 Å². The minimum Gasteiger partial charge on any atom is -0.398 e. The summed E-state index contributed by atoms with van der Waals surface area (Å²) in [4.78, 5) is 0. The van der Waals surface area contributed by atoms with Gasteiger partial charge in [0.05, 0.1) is 0 Å². The van der Waals surface area contributed by atoms with Crippen molar-refractivity contribution in [3.63, 3.8) is 0 Å². The van der Waals surface area contributed by atoms with Crippen molar-refractivity contribution >= 4 is 5.69 Å². The minimum atomic E-state index is 0.514. The Bertz CT molecular complexity index is 329. The standard InChI is InChI=1S/C13H20N2/c1-9-7-11(8-12(14)10(9)2)13-5-3-4-6-15-13/h7-8,13,15H,3-6,14H2,1-2H3. The maximum absolute atomic E-state index is 6.00. The number of benzene rings is 1. The first-order valence-electron chi connectivity index (χ1n) is 5.78. The molecule has 15 heavy (non-hydrogen) atoms. The molecule has 2 rings (SSSR count). The Balaban J connectivity index is 2.27. The number of aryl methyl sites for hydroxylation is 1. The van der Waals surface area contributed by atoms with E-state index in [-0.39, 0.29) is 0 Å². The van der Waals surface area contributed by atoms with Gasteiger partial charge >= 0.3 is 0 Å². The average Bonchev–Trinajstić information content (AvgIpc) is 2.26. The highest BCUT2D eigenvalue weighted by molar-refractivity contribution is 5.53. The normalized spacial score (nSPS) is 21.6. The topological polar surface area (TPSA) is 38.0 Å². The minimum absolute atomic E-state index is 0.514. The van der Waals surface area contributed by atoms with Crippen LogP contribution in [0.25, 0.3) is 0 Å². The number of hydrogen-bond donors (Lipinski definition) is 2. The predicted octanol–water partition coefficient (Wildman–Crippen LogP) is 2.70. The molecule has 1 fully saturated rings. The predicted molar refractivity (Wildman–Crippen MR) is 64.9 cm³/mol. The lowest BCUT2D eigenvalue weighted by molar-refractivity contribution is 0.412. The fraction of sp³-hybridized carbons (Fsp3) is 0.538. The molecule has 0 aromatic heterocycles. The monoisotopic (exact) mass is 204 g/mol. The molecular weight excluding hydrogens is 184 g/mol. The molecule has 2 heteroatoms. The molecule has 1 atom stereocenters. The van der Waals surface area contributed by atoms with E-state index in [0.29, 0.717) is 6.04 Å². The van der Waals surface area contributed by atoms with Crippen molar-refractivity contribution in [3.8, 4) is 0 Å². The van der Waals surface area contributed by atoms with Gasteiger partial charge in [0.2, 0.25) is 0 Å². The average molecular weight is 204 g/mol. The van der Waals surface area contributed by atoms with Crippen LogP contribution in [0.4, 0.5) is 5.69 Å². The summed E-state index contributed by atoms with van der Waals surface area (Å²) >= 11 is 0. The van der Waals surface area contributed by atoms with Crippen molar-refractivity contribution in [2.45, 2.75) is 39.2 Å². The first-order chi connectivity index (χ1) is 7.18. The zero-order chi connectivity index (χ0) is 10.8. The summed E-state index contributed by atoms with van der Waals surface area (Å²) < 4.78 is 0. The number of rotatable bonds is 1. The number of hydrogen-bond acceptors (Lipinski definition) is 2. The third kappa shape index (κ3) is 2.15. The Morgan fingerprint density at radius 2 is 2.07 bits per heavy atom. The molecule has 1 aliphatic rings. The van der Waals surface area contributed by atoms with Crippen LogP contribution in [0.1, 0.15) is 42.0 Å². The number of piperidine rings is 1. The first-order valence-corrected chi connectivity index (χ1v) is 5.78. The fourth-order valence-electron chi connectivity index (χ4n) is 2.25. The SMILES string of the molecule is Cc1cc(C2CCCCN2)cc(N)c1C. The van der Waals surface area contributed by atoms with Crippen LogP contribution in [0.3, 0.4) is 0 Å². The maximum Gasteiger partial charge on any atom is 0.0349 e. The van der Waals surface area contributed by atoms with Gasteiger partial charge in [-0.05, 0) is 56.0 Å². The molecule has 1 heterocycles. The molecule has 0 aliphatic carbocycles. The van der Waals surface area contributed by atoms with Crippen molar-refractivity contribution in [2.75, 3.05) is 12.3 Å². The summed E-state index contributed by atoms with van der Waals surface area (Å²) in [6.07, 6.45) is 3.86. The van der Waals surface area contributed by atoms with Gasteiger partial charge in [0.1, 0.15) is 0 Å². The van der Waals surface area contributed by atoms with E-state index in [0.717, 1.165) is 12.2 Å². The van der Waals surface area contributed by atoms with Gasteiger partial charge in [-0.1, -0.05) is 12.5 Å². The Labute approximate surface area is 91.9 Å². The van der Waals surface area contributed by atoms with Gasteiger partial charge in [0.15, 0.2) is 0 Å². The lowest BCUT2D eigenvalue weighted by atomic mass is 9.94. The summed E-state index contributed by atoms with van der Waals surface area (Å²) in [5.74, 6) is 0. The molecule has 1 aromatic carbocycles. The molecule has 1 unspecified atom stereocenters. The Morgan fingerprint density at radius 3 is 2.67 bits per heavy atom. The van der Waals surface area contributed by atoms with Crippen LogP contribution in [0, 0.1) is 13.8 Å². The maximum atomic E-state index is 6.00. The van der Waals surface area contributed by atoms with E-state index in [1.54, 1.807) is 0 Å². The molecule has 82 valence electrons. The number of nitrogens with one attached hydrogen (secondary N) is 1. The second-order valence-corrected chi connectivity index (χ2v) is 4.55. The number of nitrogens with two attached hydrogens (primary N) is 1. The molecular formula is C13H20N2. The van der Waals surface area contributed by atoms with E-state index in [1.807, 2.05) is 0 Å². The van der Waals surface area contributed by atoms with Crippen LogP contribution in [0.15, 0.2) is 12.1 Å². The molecule has 0 saturated carbocycles. The Kier molecular flexibility index (Phi) is 2.96. The Hall–Kier alpha value is -1.02. The molecule has 0 radical (unpaired) electrons. The first kappa shape index (κ1) is 10.5. The summed E-state index contributed by atoms with van der Waals surface area (Å²) in [7, 11) is 0. The quantitative estimate of drug-likeness (QED) is 0.690. The molecule has 1 aliphatic heterocycles. The molecule has 0 spiro atoms. The number of anilines is 1. The van der Waals surface area contributed by atoms with E-state index in [9.17, 15) is 0 Å². The van der Waals surface area contributed by atoms with E-state index < -0.39 is 0 Å². The molecule has 1 aromatic rings. The van der Waals surface area contributed by atoms with Crippen molar-refractivity contribution in [2.24, 2.45) is 0 Å². The van der Waals surface area contributed by atoms with E-state index in [2.05, 4.69) is 31.3 Å². The zero-order valence-electron chi connectivity index (χ0n) is 9.64. The lowest BCUT2D eigenvalue weighted by Crippen LogP contribution is -2.26. The summed E-state index contributed by atoms with van der Waals surface area (Å²) in [5, 5.41) is 3.55. The van der Waals surface area contributed by atoms with Gasteiger partial charge in [-0.3, -0.25) is 0 Å². The highest BCUT2D eigenvalue weighted by Crippen LogP contribution is 2.27. The second kappa shape index (κ2) is 4.23. The van der Waals surface area contributed by atoms with Crippen LogP contribution in [0.5, 0.6) is 0 Å². The van der Waals surface area contributed by atoms with E-state index >= 15 is 0 Å². The largest absolute Gasteiger partial charge is 0.398 e. The molecule has 0 bridgehead atoms. The zero-order valence-corrected chi connectivity index (χ0v) is 9.64. The van der Waals surface area contributed by atoms with Gasteiger partial charge < -0.3 is 11.1 Å². The molecule has 2 nitrogen and oxygen atoms in total. The van der Waals surface area contributed by atoms with Crippen LogP contribution in [-0.4, -0.2) is 6.54 Å². The van der Waals surface area contributed by atoms with Crippen molar-refractivity contribution in [3.05, 3.63) is 28.8 Å². The summed E-state index contributed by atoms with van der Waals surface area (Å²) in [6, 6.07) is 4.92. The van der Waals surface area contributed by atoms with Crippen LogP contribution in [-0.2, 0) is 0 Å². The molecule has 1 saturated heterocycles. The highest BCUT2D eigenvalue weighted by atomic mass is 14.9. The smallest absolute Gasteiger partial charge is 0.0349 e. The lowest BCUT2D eigenvalue weighted by Gasteiger charge is -2.25. The van der Waals surface area contributed by atoms with Gasteiger partial charge in [-0.2, -0.15) is 0 Å². The highest BCUT2D eigenvalue weighted by Gasteiger charge is 2.15. The van der Waals surface area contributed by atoms with Crippen molar-refractivity contribution in [1.82, 2.24) is 5.32 Å². The van der Waals surface area contributed by atoms with Gasteiger partial charge in [-0.15, -0.1) is 0 Å². The fourth-order valence-corrected chi connectivity index (χ4v) is 2.25. The van der Waals surface area contributed by atoms with Crippen molar-refractivity contribution in [1.29, 1.82) is 0 Å². The van der Waals surface area contributed by atoms with Gasteiger partial charge in [0, 0.05) is 11.7 Å². The van der Waals surface area contributed by atoms with Gasteiger partial charge in [-0.25, -0.2) is 0 Å². The summed E-state index contributed by atoms with van der Waals surface area (Å²) in [6.45, 7) is 5.36. The van der Waals surface area contributed by atoms with Gasteiger partial charge in [0.25, 0.3) is 0 Å². The van der Waals surface area contributed by atoms with E-state index in [4.69, 9.17) is 5.73 Å².